The zero-order valence-electron chi connectivity index (χ0n) is 11.1. The van der Waals surface area contributed by atoms with Gasteiger partial charge in [0.25, 0.3) is 5.89 Å². The SMILES string of the molecule is CNC(C)Cc1noc(-c2nccn3ccnc23)n1.Cl. The highest BCUT2D eigenvalue weighted by Gasteiger charge is 2.15. The van der Waals surface area contributed by atoms with Crippen LogP contribution in [0.1, 0.15) is 12.7 Å². The van der Waals surface area contributed by atoms with Crippen molar-refractivity contribution in [2.75, 3.05) is 7.05 Å². The van der Waals surface area contributed by atoms with E-state index in [2.05, 4.69) is 32.3 Å². The second kappa shape index (κ2) is 5.98. The van der Waals surface area contributed by atoms with Crippen molar-refractivity contribution in [3.8, 4) is 11.6 Å². The molecule has 0 aliphatic rings. The fraction of sp³-hybridized carbons (Fsp3) is 0.333. The average molecular weight is 295 g/mol. The zero-order chi connectivity index (χ0) is 13.2. The summed E-state index contributed by atoms with van der Waals surface area (Å²) in [6, 6.07) is 0.292. The lowest BCUT2D eigenvalue weighted by molar-refractivity contribution is 0.417. The first kappa shape index (κ1) is 14.4. The molecule has 1 atom stereocenters. The van der Waals surface area contributed by atoms with Gasteiger partial charge in [0.1, 0.15) is 0 Å². The van der Waals surface area contributed by atoms with E-state index in [0.29, 0.717) is 35.5 Å². The van der Waals surface area contributed by atoms with E-state index in [4.69, 9.17) is 4.52 Å². The molecule has 0 bridgehead atoms. The lowest BCUT2D eigenvalue weighted by Gasteiger charge is -2.04. The molecule has 7 nitrogen and oxygen atoms in total. The monoisotopic (exact) mass is 294 g/mol. The smallest absolute Gasteiger partial charge is 0.280 e. The molecular formula is C12H15ClN6O. The lowest BCUT2D eigenvalue weighted by Crippen LogP contribution is -2.24. The van der Waals surface area contributed by atoms with Gasteiger partial charge in [-0.3, -0.25) is 0 Å². The third-order valence-electron chi connectivity index (χ3n) is 2.96. The Kier molecular flexibility index (Phi) is 4.31. The molecule has 0 fully saturated rings. The van der Waals surface area contributed by atoms with Crippen molar-refractivity contribution >= 4 is 18.1 Å². The van der Waals surface area contributed by atoms with Crippen LogP contribution in [0.5, 0.6) is 0 Å². The summed E-state index contributed by atoms with van der Waals surface area (Å²) in [6.45, 7) is 2.06. The number of fused-ring (bicyclic) bond motifs is 1. The van der Waals surface area contributed by atoms with Crippen molar-refractivity contribution in [3.05, 3.63) is 30.6 Å². The highest BCUT2D eigenvalue weighted by Crippen LogP contribution is 2.19. The predicted molar refractivity (Wildman–Crippen MR) is 75.8 cm³/mol. The van der Waals surface area contributed by atoms with Crippen LogP contribution in [0.25, 0.3) is 17.2 Å². The molecule has 3 heterocycles. The first-order chi connectivity index (χ1) is 9.28. The van der Waals surface area contributed by atoms with Gasteiger partial charge in [-0.2, -0.15) is 4.98 Å². The normalized spacial score (nSPS) is 12.3. The van der Waals surface area contributed by atoms with Crippen LogP contribution >= 0.6 is 12.4 Å². The van der Waals surface area contributed by atoms with Gasteiger partial charge in [0.15, 0.2) is 17.2 Å². The molecule has 8 heteroatoms. The third kappa shape index (κ3) is 2.63. The second-order valence-electron chi connectivity index (χ2n) is 4.34. The van der Waals surface area contributed by atoms with Gasteiger partial charge < -0.3 is 14.2 Å². The number of nitrogens with zero attached hydrogens (tertiary/aromatic N) is 5. The van der Waals surface area contributed by atoms with E-state index in [1.807, 2.05) is 23.8 Å². The number of hydrogen-bond acceptors (Lipinski definition) is 6. The van der Waals surface area contributed by atoms with Crippen LogP contribution < -0.4 is 5.32 Å². The minimum Gasteiger partial charge on any atom is -0.332 e. The molecule has 3 aromatic rings. The van der Waals surface area contributed by atoms with Crippen LogP contribution in [0, 0.1) is 0 Å². The van der Waals surface area contributed by atoms with Crippen LogP contribution in [0.3, 0.4) is 0 Å². The lowest BCUT2D eigenvalue weighted by atomic mass is 10.2. The Balaban J connectivity index is 0.00000147. The van der Waals surface area contributed by atoms with Crippen LogP contribution in [0.2, 0.25) is 0 Å². The van der Waals surface area contributed by atoms with Gasteiger partial charge in [-0.05, 0) is 14.0 Å². The Morgan fingerprint density at radius 3 is 2.80 bits per heavy atom. The molecule has 0 amide bonds. The van der Waals surface area contributed by atoms with Crippen LogP contribution in [0.4, 0.5) is 0 Å². The van der Waals surface area contributed by atoms with Crippen molar-refractivity contribution in [3.63, 3.8) is 0 Å². The molecule has 1 N–H and O–H groups in total. The highest BCUT2D eigenvalue weighted by atomic mass is 35.5. The van der Waals surface area contributed by atoms with Gasteiger partial charge >= 0.3 is 0 Å². The number of imidazole rings is 1. The molecule has 20 heavy (non-hydrogen) atoms. The highest BCUT2D eigenvalue weighted by molar-refractivity contribution is 5.85. The maximum Gasteiger partial charge on any atom is 0.280 e. The summed E-state index contributed by atoms with van der Waals surface area (Å²) in [6.07, 6.45) is 7.77. The molecule has 3 aromatic heterocycles. The van der Waals surface area contributed by atoms with Crippen LogP contribution in [0.15, 0.2) is 29.3 Å². The van der Waals surface area contributed by atoms with Gasteiger partial charge in [0.05, 0.1) is 0 Å². The van der Waals surface area contributed by atoms with Gasteiger partial charge in [0, 0.05) is 37.3 Å². The summed E-state index contributed by atoms with van der Waals surface area (Å²) < 4.78 is 7.13. The Morgan fingerprint density at radius 1 is 1.30 bits per heavy atom. The minimum absolute atomic E-state index is 0. The van der Waals surface area contributed by atoms with E-state index in [9.17, 15) is 0 Å². The van der Waals surface area contributed by atoms with Gasteiger partial charge in [0.2, 0.25) is 0 Å². The van der Waals surface area contributed by atoms with Gasteiger partial charge in [-0.15, -0.1) is 12.4 Å². The minimum atomic E-state index is 0. The van der Waals surface area contributed by atoms with Crippen molar-refractivity contribution in [2.45, 2.75) is 19.4 Å². The van der Waals surface area contributed by atoms with Gasteiger partial charge in [-0.1, -0.05) is 5.16 Å². The molecule has 0 spiro atoms. The fourth-order valence-electron chi connectivity index (χ4n) is 1.81. The van der Waals surface area contributed by atoms with E-state index in [-0.39, 0.29) is 12.4 Å². The van der Waals surface area contributed by atoms with Gasteiger partial charge in [-0.25, -0.2) is 9.97 Å². The van der Waals surface area contributed by atoms with Crippen molar-refractivity contribution in [1.29, 1.82) is 0 Å². The van der Waals surface area contributed by atoms with E-state index in [1.165, 1.54) is 0 Å². The Bertz CT molecular complexity index is 694. The molecule has 0 aliphatic heterocycles. The topological polar surface area (TPSA) is 81.1 Å². The number of aromatic nitrogens is 5. The molecule has 106 valence electrons. The van der Waals surface area contributed by atoms with E-state index < -0.39 is 0 Å². The molecule has 0 aliphatic carbocycles. The van der Waals surface area contributed by atoms with Crippen molar-refractivity contribution in [1.82, 2.24) is 29.8 Å². The number of hydrogen-bond donors (Lipinski definition) is 1. The van der Waals surface area contributed by atoms with E-state index in [1.54, 1.807) is 12.4 Å². The third-order valence-corrected chi connectivity index (χ3v) is 2.96. The summed E-state index contributed by atoms with van der Waals surface area (Å²) in [5, 5.41) is 7.10. The van der Waals surface area contributed by atoms with E-state index >= 15 is 0 Å². The summed E-state index contributed by atoms with van der Waals surface area (Å²) in [4.78, 5) is 12.9. The first-order valence-corrected chi connectivity index (χ1v) is 6.06. The second-order valence-corrected chi connectivity index (χ2v) is 4.34. The Hall–Kier alpha value is -1.99. The summed E-state index contributed by atoms with van der Waals surface area (Å²) in [5.74, 6) is 1.06. The maximum atomic E-state index is 5.27. The first-order valence-electron chi connectivity index (χ1n) is 6.06. The largest absolute Gasteiger partial charge is 0.332 e. The average Bonchev–Trinajstić information content (AvgIpc) is 3.06. The zero-order valence-corrected chi connectivity index (χ0v) is 12.0. The molecule has 1 unspecified atom stereocenters. The van der Waals surface area contributed by atoms with Crippen molar-refractivity contribution < 1.29 is 4.52 Å². The van der Waals surface area contributed by atoms with Crippen LogP contribution in [-0.4, -0.2) is 37.6 Å². The molecular weight excluding hydrogens is 280 g/mol. The molecule has 0 saturated carbocycles. The molecule has 0 radical (unpaired) electrons. The Labute approximate surface area is 121 Å². The molecule has 0 aromatic carbocycles. The quantitative estimate of drug-likeness (QED) is 0.782. The number of rotatable bonds is 4. The standard InChI is InChI=1S/C12H14N6O.ClH/c1-8(13-2)7-9-16-12(19-17-9)10-11-15-4-6-18(11)5-3-14-10;/h3-6,8,13H,7H2,1-2H3;1H. The fourth-order valence-corrected chi connectivity index (χ4v) is 1.81. The number of likely N-dealkylation sites (N-methyl/N-ethyl adjacent to an activating group) is 1. The predicted octanol–water partition coefficient (Wildman–Crippen LogP) is 1.35. The number of nitrogens with one attached hydrogen (secondary N) is 1. The molecule has 3 rings (SSSR count). The Morgan fingerprint density at radius 2 is 2.05 bits per heavy atom. The van der Waals surface area contributed by atoms with E-state index in [0.717, 1.165) is 0 Å². The summed E-state index contributed by atoms with van der Waals surface area (Å²) in [7, 11) is 1.90. The number of halogens is 1. The van der Waals surface area contributed by atoms with Crippen LogP contribution in [-0.2, 0) is 6.42 Å². The molecule has 0 saturated heterocycles. The summed E-state index contributed by atoms with van der Waals surface area (Å²) in [5.41, 5.74) is 1.31. The maximum absolute atomic E-state index is 5.27. The summed E-state index contributed by atoms with van der Waals surface area (Å²) >= 11 is 0. The van der Waals surface area contributed by atoms with Crippen molar-refractivity contribution in [2.24, 2.45) is 0 Å².